The summed E-state index contributed by atoms with van der Waals surface area (Å²) in [5.41, 5.74) is 3.23. The Balaban J connectivity index is 1.40. The molecule has 0 saturated carbocycles. The number of nitrogens with zero attached hydrogens (tertiary/aromatic N) is 5. The Bertz CT molecular complexity index is 787. The lowest BCUT2D eigenvalue weighted by Gasteiger charge is -2.32. The molecule has 1 fully saturated rings. The monoisotopic (exact) mass is 334 g/mol. The number of aromatic amines is 1. The highest BCUT2D eigenvalue weighted by atomic mass is 15.1. The summed E-state index contributed by atoms with van der Waals surface area (Å²) in [7, 11) is 0. The van der Waals surface area contributed by atoms with Crippen LogP contribution in [0.25, 0.3) is 11.5 Å². The molecule has 0 aliphatic carbocycles. The van der Waals surface area contributed by atoms with Crippen LogP contribution in [0, 0.1) is 5.92 Å². The maximum Gasteiger partial charge on any atom is 0.156 e. The number of hydrogen-bond donors (Lipinski definition) is 1. The fourth-order valence-corrected chi connectivity index (χ4v) is 3.55. The first-order chi connectivity index (χ1) is 12.4. The van der Waals surface area contributed by atoms with Crippen molar-refractivity contribution in [1.82, 2.24) is 29.8 Å². The van der Waals surface area contributed by atoms with Gasteiger partial charge in [-0.25, -0.2) is 15.0 Å². The van der Waals surface area contributed by atoms with E-state index in [9.17, 15) is 0 Å². The number of likely N-dealkylation sites (tertiary alicyclic amines) is 1. The quantitative estimate of drug-likeness (QED) is 0.777. The summed E-state index contributed by atoms with van der Waals surface area (Å²) in [6, 6.07) is 6.21. The van der Waals surface area contributed by atoms with Gasteiger partial charge in [-0.15, -0.1) is 0 Å². The first-order valence-corrected chi connectivity index (χ1v) is 8.79. The molecule has 0 spiro atoms. The van der Waals surface area contributed by atoms with E-state index in [0.29, 0.717) is 5.92 Å². The van der Waals surface area contributed by atoms with Gasteiger partial charge in [0.15, 0.2) is 5.82 Å². The van der Waals surface area contributed by atoms with Gasteiger partial charge in [0, 0.05) is 43.6 Å². The van der Waals surface area contributed by atoms with Crippen molar-refractivity contribution in [2.45, 2.75) is 25.8 Å². The van der Waals surface area contributed by atoms with E-state index in [1.54, 1.807) is 12.5 Å². The zero-order valence-corrected chi connectivity index (χ0v) is 14.2. The third-order valence-electron chi connectivity index (χ3n) is 4.69. The molecule has 1 aliphatic rings. The van der Waals surface area contributed by atoms with Gasteiger partial charge in [-0.2, -0.15) is 0 Å². The molecule has 0 unspecified atom stereocenters. The number of rotatable bonds is 5. The summed E-state index contributed by atoms with van der Waals surface area (Å²) >= 11 is 0. The highest BCUT2D eigenvalue weighted by molar-refractivity contribution is 5.48. The van der Waals surface area contributed by atoms with Crippen LogP contribution in [0.1, 0.15) is 24.1 Å². The van der Waals surface area contributed by atoms with E-state index < -0.39 is 0 Å². The maximum atomic E-state index is 4.47. The van der Waals surface area contributed by atoms with Gasteiger partial charge in [0.1, 0.15) is 12.0 Å². The Morgan fingerprint density at radius 1 is 1.20 bits per heavy atom. The zero-order chi connectivity index (χ0) is 16.9. The Labute approximate surface area is 147 Å². The van der Waals surface area contributed by atoms with Crippen LogP contribution < -0.4 is 0 Å². The predicted molar refractivity (Wildman–Crippen MR) is 95.6 cm³/mol. The van der Waals surface area contributed by atoms with E-state index in [-0.39, 0.29) is 0 Å². The van der Waals surface area contributed by atoms with Crippen LogP contribution in [0.4, 0.5) is 0 Å². The van der Waals surface area contributed by atoms with Gasteiger partial charge in [-0.1, -0.05) is 6.07 Å². The Kier molecular flexibility index (Phi) is 4.79. The first kappa shape index (κ1) is 15.9. The van der Waals surface area contributed by atoms with Crippen molar-refractivity contribution in [1.29, 1.82) is 0 Å². The molecule has 0 radical (unpaired) electrons. The third kappa shape index (κ3) is 4.09. The van der Waals surface area contributed by atoms with E-state index in [2.05, 4.69) is 42.0 Å². The maximum absolute atomic E-state index is 4.47. The van der Waals surface area contributed by atoms with Gasteiger partial charge in [0.2, 0.25) is 0 Å². The molecule has 0 bridgehead atoms. The Morgan fingerprint density at radius 3 is 3.04 bits per heavy atom. The molecule has 6 heteroatoms. The minimum Gasteiger partial charge on any atom is -0.343 e. The second-order valence-corrected chi connectivity index (χ2v) is 6.64. The minimum atomic E-state index is 0.629. The molecule has 4 rings (SSSR count). The first-order valence-electron chi connectivity index (χ1n) is 8.79. The van der Waals surface area contributed by atoms with Crippen molar-refractivity contribution in [3.8, 4) is 11.5 Å². The van der Waals surface area contributed by atoms with E-state index in [0.717, 1.165) is 43.3 Å². The van der Waals surface area contributed by atoms with Gasteiger partial charge in [-0.3, -0.25) is 9.88 Å². The number of nitrogens with one attached hydrogen (secondary N) is 1. The van der Waals surface area contributed by atoms with Crippen molar-refractivity contribution in [3.05, 3.63) is 60.6 Å². The van der Waals surface area contributed by atoms with Crippen molar-refractivity contribution < 1.29 is 0 Å². The van der Waals surface area contributed by atoms with Crippen LogP contribution in [0.2, 0.25) is 0 Å². The van der Waals surface area contributed by atoms with Crippen LogP contribution in [0.15, 0.2) is 49.3 Å². The summed E-state index contributed by atoms with van der Waals surface area (Å²) in [4.78, 5) is 22.9. The lowest BCUT2D eigenvalue weighted by atomic mass is 9.93. The van der Waals surface area contributed by atoms with Gasteiger partial charge in [0.05, 0.1) is 0 Å². The SMILES string of the molecule is c1cncc(CN2CCC[C@@H](Cc3cc(-c4ncc[nH]4)ncn3)C2)c1. The number of aromatic nitrogens is 5. The zero-order valence-electron chi connectivity index (χ0n) is 14.2. The molecule has 1 atom stereocenters. The summed E-state index contributed by atoms with van der Waals surface area (Å²) in [5.74, 6) is 1.43. The molecule has 3 aromatic rings. The Hall–Kier alpha value is -2.60. The molecule has 25 heavy (non-hydrogen) atoms. The van der Waals surface area contributed by atoms with Crippen molar-refractivity contribution in [2.75, 3.05) is 13.1 Å². The van der Waals surface area contributed by atoms with E-state index in [1.807, 2.05) is 24.7 Å². The normalized spacial score (nSPS) is 18.3. The highest BCUT2D eigenvalue weighted by Gasteiger charge is 2.21. The largest absolute Gasteiger partial charge is 0.343 e. The molecule has 0 aromatic carbocycles. The third-order valence-corrected chi connectivity index (χ3v) is 4.69. The van der Waals surface area contributed by atoms with Gasteiger partial charge in [-0.05, 0) is 49.4 Å². The molecule has 1 N–H and O–H groups in total. The molecule has 4 heterocycles. The van der Waals surface area contributed by atoms with Crippen LogP contribution >= 0.6 is 0 Å². The topological polar surface area (TPSA) is 70.6 Å². The van der Waals surface area contributed by atoms with Crippen LogP contribution in [-0.2, 0) is 13.0 Å². The highest BCUT2D eigenvalue weighted by Crippen LogP contribution is 2.22. The summed E-state index contributed by atoms with van der Waals surface area (Å²) in [6.45, 7) is 3.24. The predicted octanol–water partition coefficient (Wildman–Crippen LogP) is 2.72. The number of piperidine rings is 1. The summed E-state index contributed by atoms with van der Waals surface area (Å²) < 4.78 is 0. The molecular weight excluding hydrogens is 312 g/mol. The smallest absolute Gasteiger partial charge is 0.156 e. The lowest BCUT2D eigenvalue weighted by molar-refractivity contribution is 0.166. The lowest BCUT2D eigenvalue weighted by Crippen LogP contribution is -2.35. The fourth-order valence-electron chi connectivity index (χ4n) is 3.55. The second kappa shape index (κ2) is 7.53. The average Bonchev–Trinajstić information content (AvgIpc) is 3.18. The number of imidazole rings is 1. The van der Waals surface area contributed by atoms with Gasteiger partial charge in [0.25, 0.3) is 0 Å². The van der Waals surface area contributed by atoms with Crippen molar-refractivity contribution in [2.24, 2.45) is 5.92 Å². The van der Waals surface area contributed by atoms with E-state index >= 15 is 0 Å². The van der Waals surface area contributed by atoms with Crippen LogP contribution in [-0.4, -0.2) is 42.9 Å². The Morgan fingerprint density at radius 2 is 2.20 bits per heavy atom. The molecule has 0 amide bonds. The molecule has 6 nitrogen and oxygen atoms in total. The van der Waals surface area contributed by atoms with Crippen LogP contribution in [0.3, 0.4) is 0 Å². The average molecular weight is 334 g/mol. The van der Waals surface area contributed by atoms with E-state index in [4.69, 9.17) is 0 Å². The molecule has 3 aromatic heterocycles. The minimum absolute atomic E-state index is 0.629. The standard InChI is InChI=1S/C19H22N6/c1-3-16(11-20-5-1)13-25-8-2-4-15(12-25)9-17-10-18(24-14-23-17)19-21-6-7-22-19/h1,3,5-7,10-11,14-15H,2,4,8-9,12-13H2,(H,21,22)/t15-/m0/s1. The number of pyridine rings is 1. The van der Waals surface area contributed by atoms with Gasteiger partial charge >= 0.3 is 0 Å². The van der Waals surface area contributed by atoms with Gasteiger partial charge < -0.3 is 4.98 Å². The molecular formula is C19H22N6. The summed E-state index contributed by atoms with van der Waals surface area (Å²) in [5, 5.41) is 0. The summed E-state index contributed by atoms with van der Waals surface area (Å²) in [6.07, 6.45) is 12.5. The van der Waals surface area contributed by atoms with Crippen molar-refractivity contribution >= 4 is 0 Å². The fraction of sp³-hybridized carbons (Fsp3) is 0.368. The molecule has 128 valence electrons. The number of hydrogen-bond acceptors (Lipinski definition) is 5. The molecule has 1 aliphatic heterocycles. The second-order valence-electron chi connectivity index (χ2n) is 6.64. The molecule has 1 saturated heterocycles. The van der Waals surface area contributed by atoms with E-state index in [1.165, 1.54) is 18.4 Å². The number of H-pyrrole nitrogens is 1. The van der Waals surface area contributed by atoms with Crippen molar-refractivity contribution in [3.63, 3.8) is 0 Å². The van der Waals surface area contributed by atoms with Crippen LogP contribution in [0.5, 0.6) is 0 Å².